The Kier molecular flexibility index (Phi) is 9.41. The smallest absolute Gasteiger partial charge is 0.408 e. The molecule has 12 nitrogen and oxygen atoms in total. The van der Waals surface area contributed by atoms with Crippen LogP contribution in [-0.2, 0) is 19.1 Å². The molecule has 0 spiro atoms. The number of carboxylic acid groups (broad SMARTS) is 1. The number of nitrogens with zero attached hydrogens (tertiary/aromatic N) is 3. The Hall–Kier alpha value is -4.52. The van der Waals surface area contributed by atoms with Gasteiger partial charge in [0.15, 0.2) is 0 Å². The van der Waals surface area contributed by atoms with Crippen LogP contribution in [0.5, 0.6) is 5.88 Å². The number of aliphatic carboxylic acids is 1. The number of thiophene rings is 1. The molecule has 2 aromatic heterocycles. The van der Waals surface area contributed by atoms with Crippen molar-refractivity contribution in [1.82, 2.24) is 25.5 Å². The van der Waals surface area contributed by atoms with Crippen molar-refractivity contribution in [3.05, 3.63) is 53.9 Å². The van der Waals surface area contributed by atoms with Crippen LogP contribution in [0.15, 0.2) is 53.9 Å². The van der Waals surface area contributed by atoms with Crippen molar-refractivity contribution in [1.29, 1.82) is 0 Å². The topological polar surface area (TPSA) is 160 Å². The molecule has 4 heterocycles. The molecule has 48 heavy (non-hydrogen) atoms. The molecule has 0 radical (unpaired) electrons. The second kappa shape index (κ2) is 13.5. The number of para-hydroxylation sites is 2. The largest absolute Gasteiger partial charge is 0.479 e. The van der Waals surface area contributed by atoms with Gasteiger partial charge < -0.3 is 30.1 Å². The summed E-state index contributed by atoms with van der Waals surface area (Å²) < 4.78 is 12.0. The first kappa shape index (κ1) is 33.4. The predicted octanol–water partition coefficient (Wildman–Crippen LogP) is 5.08. The van der Waals surface area contributed by atoms with Crippen LogP contribution >= 0.6 is 11.3 Å². The summed E-state index contributed by atoms with van der Waals surface area (Å²) in [5.41, 5.74) is -0.337. The van der Waals surface area contributed by atoms with E-state index in [2.05, 4.69) is 10.6 Å². The molecule has 3 aromatic rings. The molecule has 3 N–H and O–H groups in total. The van der Waals surface area contributed by atoms with Gasteiger partial charge in [0.2, 0.25) is 17.7 Å². The number of ether oxygens (including phenoxy) is 2. The quantitative estimate of drug-likeness (QED) is 0.314. The van der Waals surface area contributed by atoms with Crippen LogP contribution in [0.3, 0.4) is 0 Å². The number of allylic oxidation sites excluding steroid dienone is 1. The summed E-state index contributed by atoms with van der Waals surface area (Å²) >= 11 is 1.49. The van der Waals surface area contributed by atoms with Crippen LogP contribution in [0, 0.1) is 5.92 Å². The number of amides is 3. The van der Waals surface area contributed by atoms with Gasteiger partial charge in [-0.25, -0.2) is 19.6 Å². The fraction of sp³-hybridized carbons (Fsp3) is 0.486. The molecule has 6 rings (SSSR count). The van der Waals surface area contributed by atoms with Crippen LogP contribution in [-0.4, -0.2) is 79.7 Å². The normalized spacial score (nSPS) is 27.1. The molecule has 254 valence electrons. The minimum atomic E-state index is -1.44. The molecule has 13 heteroatoms. The highest BCUT2D eigenvalue weighted by molar-refractivity contribution is 7.13. The van der Waals surface area contributed by atoms with Crippen molar-refractivity contribution in [2.24, 2.45) is 5.92 Å². The Morgan fingerprint density at radius 3 is 2.56 bits per heavy atom. The number of carbonyl (C=O) groups excluding carboxylic acids is 3. The number of hydrogen-bond donors (Lipinski definition) is 3. The molecular weight excluding hydrogens is 634 g/mol. The van der Waals surface area contributed by atoms with Crippen LogP contribution in [0.2, 0.25) is 0 Å². The van der Waals surface area contributed by atoms with Gasteiger partial charge in [-0.05, 0) is 70.0 Å². The molecule has 1 saturated carbocycles. The highest BCUT2D eigenvalue weighted by Crippen LogP contribution is 2.45. The first-order valence-corrected chi connectivity index (χ1v) is 17.3. The van der Waals surface area contributed by atoms with Gasteiger partial charge >= 0.3 is 12.1 Å². The third-order valence-corrected chi connectivity index (χ3v) is 9.76. The standard InChI is InChI=1S/C35H41N5O7S/c1-34(2,3)47-33(45)38-25-15-8-6-4-5-7-12-21-19-35(21,32(43)44)39-29(41)26-18-22(20-40(26)31(25)42)46-30-28(27-16-11-17-48-27)36-23-13-9-10-14-24(23)37-30/h7,9-14,16-17,21-22,25-26H,4-6,8,15,18-20H2,1-3H3,(H,38,45)(H,39,41)(H,43,44)/b12-7-/t21?,22?,25-,26+,35-/m1/s1. The lowest BCUT2D eigenvalue weighted by Gasteiger charge is -2.30. The van der Waals surface area contributed by atoms with Gasteiger partial charge in [0.05, 0.1) is 22.5 Å². The maximum absolute atomic E-state index is 14.3. The Labute approximate surface area is 282 Å². The van der Waals surface area contributed by atoms with E-state index in [1.54, 1.807) is 20.8 Å². The number of benzene rings is 1. The van der Waals surface area contributed by atoms with E-state index in [0.29, 0.717) is 29.6 Å². The molecule has 1 saturated heterocycles. The number of hydrogen-bond acceptors (Lipinski definition) is 9. The van der Waals surface area contributed by atoms with Crippen molar-refractivity contribution >= 4 is 46.2 Å². The number of rotatable bonds is 5. The molecule has 1 aromatic carbocycles. The van der Waals surface area contributed by atoms with Crippen LogP contribution in [0.4, 0.5) is 4.79 Å². The summed E-state index contributed by atoms with van der Waals surface area (Å²) in [6.45, 7) is 5.24. The number of alkyl carbamates (subject to hydrolysis) is 1. The van der Waals surface area contributed by atoms with E-state index in [1.165, 1.54) is 16.2 Å². The average molecular weight is 676 g/mol. The SMILES string of the molecule is CC(C)(C)OC(=O)N[C@@H]1CCCCC/C=C\C2C[C@@]2(C(=O)O)NC(=O)[C@@H]2CC(Oc3nc4ccccc4nc3-c3cccs3)CN2C1=O. The maximum atomic E-state index is 14.3. The summed E-state index contributed by atoms with van der Waals surface area (Å²) in [7, 11) is 0. The molecule has 3 aliphatic rings. The van der Waals surface area contributed by atoms with Crippen LogP contribution in [0.1, 0.15) is 65.7 Å². The molecule has 2 unspecified atom stereocenters. The third-order valence-electron chi connectivity index (χ3n) is 8.88. The van der Waals surface area contributed by atoms with E-state index < -0.39 is 53.2 Å². The van der Waals surface area contributed by atoms with E-state index in [0.717, 1.165) is 24.1 Å². The Bertz CT molecular complexity index is 1720. The van der Waals surface area contributed by atoms with Crippen molar-refractivity contribution in [3.63, 3.8) is 0 Å². The maximum Gasteiger partial charge on any atom is 0.408 e. The van der Waals surface area contributed by atoms with Crippen LogP contribution in [0.25, 0.3) is 21.6 Å². The summed E-state index contributed by atoms with van der Waals surface area (Å²) in [5.74, 6) is -2.23. The second-order valence-electron chi connectivity index (χ2n) is 13.7. The lowest BCUT2D eigenvalue weighted by atomic mass is 10.0. The number of carboxylic acids is 1. The van der Waals surface area contributed by atoms with E-state index in [-0.39, 0.29) is 31.2 Å². The number of nitrogens with one attached hydrogen (secondary N) is 2. The molecule has 1 aliphatic carbocycles. The number of fused-ring (bicyclic) bond motifs is 3. The fourth-order valence-corrected chi connectivity index (χ4v) is 7.10. The minimum absolute atomic E-state index is 0.0191. The Morgan fingerprint density at radius 2 is 1.85 bits per heavy atom. The summed E-state index contributed by atoms with van der Waals surface area (Å²) in [6, 6.07) is 9.27. The molecule has 3 amide bonds. The van der Waals surface area contributed by atoms with Gasteiger partial charge in [-0.15, -0.1) is 11.3 Å². The third kappa shape index (κ3) is 7.30. The minimum Gasteiger partial charge on any atom is -0.479 e. The van der Waals surface area contributed by atoms with Gasteiger partial charge in [0.1, 0.15) is 35.0 Å². The van der Waals surface area contributed by atoms with Gasteiger partial charge in [0, 0.05) is 12.3 Å². The monoisotopic (exact) mass is 675 g/mol. The van der Waals surface area contributed by atoms with Crippen molar-refractivity contribution in [2.45, 2.75) is 95.0 Å². The van der Waals surface area contributed by atoms with Gasteiger partial charge in [-0.1, -0.05) is 43.2 Å². The van der Waals surface area contributed by atoms with Gasteiger partial charge in [-0.2, -0.15) is 0 Å². The van der Waals surface area contributed by atoms with E-state index >= 15 is 0 Å². The van der Waals surface area contributed by atoms with E-state index in [9.17, 15) is 24.3 Å². The molecular formula is C35H41N5O7S. The zero-order valence-corrected chi connectivity index (χ0v) is 28.1. The zero-order valence-electron chi connectivity index (χ0n) is 27.3. The van der Waals surface area contributed by atoms with Gasteiger partial charge in [0.25, 0.3) is 0 Å². The molecule has 2 fully saturated rings. The number of carbonyl (C=O) groups is 4. The van der Waals surface area contributed by atoms with E-state index in [1.807, 2.05) is 53.9 Å². The van der Waals surface area contributed by atoms with Crippen molar-refractivity contribution in [2.75, 3.05) is 6.54 Å². The summed E-state index contributed by atoms with van der Waals surface area (Å²) in [5, 5.41) is 17.6. The Balaban J connectivity index is 1.32. The molecule has 5 atom stereocenters. The Morgan fingerprint density at radius 1 is 1.08 bits per heavy atom. The average Bonchev–Trinajstić information content (AvgIpc) is 3.34. The summed E-state index contributed by atoms with van der Waals surface area (Å²) in [4.78, 5) is 65.5. The van der Waals surface area contributed by atoms with Gasteiger partial charge in [-0.3, -0.25) is 9.59 Å². The van der Waals surface area contributed by atoms with Crippen LogP contribution < -0.4 is 15.4 Å². The summed E-state index contributed by atoms with van der Waals surface area (Å²) in [6.07, 6.45) is 6.18. The molecule has 2 aliphatic heterocycles. The van der Waals surface area contributed by atoms with Crippen molar-refractivity contribution < 1.29 is 33.8 Å². The lowest BCUT2D eigenvalue weighted by molar-refractivity contribution is -0.145. The number of aromatic nitrogens is 2. The highest BCUT2D eigenvalue weighted by Gasteiger charge is 2.61. The fourth-order valence-electron chi connectivity index (χ4n) is 6.39. The zero-order chi connectivity index (χ0) is 34.1. The highest BCUT2D eigenvalue weighted by atomic mass is 32.1. The first-order chi connectivity index (χ1) is 22.9. The predicted molar refractivity (Wildman–Crippen MR) is 179 cm³/mol. The second-order valence-corrected chi connectivity index (χ2v) is 14.6. The van der Waals surface area contributed by atoms with Crippen molar-refractivity contribution in [3.8, 4) is 16.5 Å². The van der Waals surface area contributed by atoms with E-state index in [4.69, 9.17) is 19.4 Å². The first-order valence-electron chi connectivity index (χ1n) is 16.4. The lowest BCUT2D eigenvalue weighted by Crippen LogP contribution is -2.56. The molecule has 0 bridgehead atoms.